The van der Waals surface area contributed by atoms with Crippen LogP contribution in [0.1, 0.15) is 41.6 Å². The Kier molecular flexibility index (Phi) is 4.09. The van der Waals surface area contributed by atoms with E-state index in [-0.39, 0.29) is 6.61 Å². The van der Waals surface area contributed by atoms with Crippen LogP contribution in [0, 0.1) is 0 Å². The van der Waals surface area contributed by atoms with Crippen LogP contribution in [-0.2, 0) is 24.3 Å². The predicted octanol–water partition coefficient (Wildman–Crippen LogP) is 4.16. The van der Waals surface area contributed by atoms with Crippen molar-refractivity contribution in [2.24, 2.45) is 5.16 Å². The first-order valence-corrected chi connectivity index (χ1v) is 9.98. The number of aryl methyl sites for hydroxylation is 2. The molecule has 0 amide bonds. The standard InChI is InChI=1S/C20H19N5OS/c1-13(14-7-3-2-4-8-14)24-26-11-17-22-19-18-15-9-5-6-10-16(15)27-20(18)21-12-25(19)23-17/h2-4,7-8,12H,5-6,9-11H2,1H3. The second kappa shape index (κ2) is 6.74. The number of thiophene rings is 1. The van der Waals surface area contributed by atoms with Crippen LogP contribution in [0.25, 0.3) is 15.9 Å². The second-order valence-corrected chi connectivity index (χ2v) is 7.83. The van der Waals surface area contributed by atoms with Gasteiger partial charge in [-0.1, -0.05) is 35.5 Å². The van der Waals surface area contributed by atoms with Gasteiger partial charge in [0.1, 0.15) is 11.2 Å². The molecular weight excluding hydrogens is 358 g/mol. The van der Waals surface area contributed by atoms with E-state index in [0.29, 0.717) is 5.82 Å². The van der Waals surface area contributed by atoms with Gasteiger partial charge in [0.05, 0.1) is 11.1 Å². The van der Waals surface area contributed by atoms with Crippen molar-refractivity contribution in [1.82, 2.24) is 19.6 Å². The number of hydrogen-bond donors (Lipinski definition) is 0. The number of aromatic nitrogens is 4. The highest BCUT2D eigenvalue weighted by molar-refractivity contribution is 7.19. The van der Waals surface area contributed by atoms with Crippen LogP contribution in [0.4, 0.5) is 0 Å². The van der Waals surface area contributed by atoms with Gasteiger partial charge in [0.25, 0.3) is 0 Å². The zero-order valence-electron chi connectivity index (χ0n) is 15.1. The molecule has 0 saturated heterocycles. The Hall–Kier alpha value is -2.80. The third kappa shape index (κ3) is 2.98. The van der Waals surface area contributed by atoms with Crippen LogP contribution in [0.5, 0.6) is 0 Å². The molecule has 0 spiro atoms. The van der Waals surface area contributed by atoms with Gasteiger partial charge in [-0.15, -0.1) is 16.4 Å². The number of oxime groups is 1. The molecule has 0 aliphatic heterocycles. The molecule has 136 valence electrons. The fourth-order valence-electron chi connectivity index (χ4n) is 3.58. The van der Waals surface area contributed by atoms with E-state index in [1.807, 2.05) is 37.3 Å². The lowest BCUT2D eigenvalue weighted by atomic mass is 9.97. The molecule has 1 aliphatic rings. The van der Waals surface area contributed by atoms with E-state index in [9.17, 15) is 0 Å². The highest BCUT2D eigenvalue weighted by Crippen LogP contribution is 2.36. The maximum atomic E-state index is 5.50. The predicted molar refractivity (Wildman–Crippen MR) is 106 cm³/mol. The van der Waals surface area contributed by atoms with Gasteiger partial charge >= 0.3 is 0 Å². The topological polar surface area (TPSA) is 64.7 Å². The third-order valence-electron chi connectivity index (χ3n) is 4.92. The fourth-order valence-corrected chi connectivity index (χ4v) is 4.80. The molecule has 7 heteroatoms. The lowest BCUT2D eigenvalue weighted by molar-refractivity contribution is 0.125. The molecule has 3 heterocycles. The Balaban J connectivity index is 1.43. The number of hydrogen-bond acceptors (Lipinski definition) is 6. The molecule has 4 aromatic rings. The van der Waals surface area contributed by atoms with Crippen LogP contribution in [0.15, 0.2) is 41.8 Å². The first-order valence-electron chi connectivity index (χ1n) is 9.16. The summed E-state index contributed by atoms with van der Waals surface area (Å²) in [6.07, 6.45) is 6.50. The molecule has 1 aliphatic carbocycles. The average Bonchev–Trinajstić information content (AvgIpc) is 3.28. The van der Waals surface area contributed by atoms with Crippen LogP contribution >= 0.6 is 11.3 Å². The SMILES string of the molecule is CC(=NOCc1nc2c3c4c(sc3ncn2n1)CCCC4)c1ccccc1. The maximum absolute atomic E-state index is 5.50. The summed E-state index contributed by atoms with van der Waals surface area (Å²) in [4.78, 5) is 17.3. The summed E-state index contributed by atoms with van der Waals surface area (Å²) in [5.41, 5.74) is 4.16. The molecule has 1 aromatic carbocycles. The van der Waals surface area contributed by atoms with Gasteiger partial charge in [0.15, 0.2) is 18.1 Å². The molecule has 0 N–H and O–H groups in total. The van der Waals surface area contributed by atoms with Crippen LogP contribution in [-0.4, -0.2) is 25.3 Å². The summed E-state index contributed by atoms with van der Waals surface area (Å²) in [5.74, 6) is 0.615. The quantitative estimate of drug-likeness (QED) is 0.396. The smallest absolute Gasteiger partial charge is 0.192 e. The molecule has 5 rings (SSSR count). The number of rotatable bonds is 4. The van der Waals surface area contributed by atoms with Gasteiger partial charge in [-0.2, -0.15) is 0 Å². The zero-order chi connectivity index (χ0) is 18.2. The Morgan fingerprint density at radius 3 is 2.96 bits per heavy atom. The van der Waals surface area contributed by atoms with Gasteiger partial charge in [-0.05, 0) is 43.7 Å². The first-order chi connectivity index (χ1) is 13.3. The molecular formula is C20H19N5OS. The van der Waals surface area contributed by atoms with Crippen molar-refractivity contribution in [3.8, 4) is 0 Å². The Labute approximate surface area is 160 Å². The van der Waals surface area contributed by atoms with Gasteiger partial charge in [0, 0.05) is 4.88 Å². The summed E-state index contributed by atoms with van der Waals surface area (Å²) in [6, 6.07) is 9.97. The maximum Gasteiger partial charge on any atom is 0.192 e. The Bertz CT molecular complexity index is 1150. The van der Waals surface area contributed by atoms with Crippen LogP contribution in [0.3, 0.4) is 0 Å². The van der Waals surface area contributed by atoms with Crippen LogP contribution < -0.4 is 0 Å². The minimum absolute atomic E-state index is 0.236. The summed E-state index contributed by atoms with van der Waals surface area (Å²) >= 11 is 1.80. The molecule has 0 unspecified atom stereocenters. The summed E-state index contributed by atoms with van der Waals surface area (Å²) in [6.45, 7) is 2.16. The normalized spacial score (nSPS) is 14.6. The van der Waals surface area contributed by atoms with E-state index >= 15 is 0 Å². The third-order valence-corrected chi connectivity index (χ3v) is 6.12. The number of fused-ring (bicyclic) bond motifs is 5. The van der Waals surface area contributed by atoms with Crippen molar-refractivity contribution < 1.29 is 4.84 Å². The fraction of sp³-hybridized carbons (Fsp3) is 0.300. The van der Waals surface area contributed by atoms with E-state index in [1.54, 1.807) is 22.2 Å². The molecule has 0 fully saturated rings. The Morgan fingerprint density at radius 2 is 2.07 bits per heavy atom. The van der Waals surface area contributed by atoms with Gasteiger partial charge in [-0.25, -0.2) is 14.5 Å². The minimum atomic E-state index is 0.236. The number of nitrogens with zero attached hydrogens (tertiary/aromatic N) is 5. The van der Waals surface area contributed by atoms with Crippen molar-refractivity contribution in [2.45, 2.75) is 39.2 Å². The molecule has 0 saturated carbocycles. The monoisotopic (exact) mass is 377 g/mol. The second-order valence-electron chi connectivity index (χ2n) is 6.75. The minimum Gasteiger partial charge on any atom is -0.387 e. The zero-order valence-corrected chi connectivity index (χ0v) is 15.9. The largest absolute Gasteiger partial charge is 0.387 e. The average molecular weight is 377 g/mol. The summed E-state index contributed by atoms with van der Waals surface area (Å²) in [5, 5.41) is 9.88. The van der Waals surface area contributed by atoms with Crippen molar-refractivity contribution in [1.29, 1.82) is 0 Å². The van der Waals surface area contributed by atoms with E-state index < -0.39 is 0 Å². The van der Waals surface area contributed by atoms with E-state index in [1.165, 1.54) is 28.7 Å². The molecule has 3 aromatic heterocycles. The van der Waals surface area contributed by atoms with Crippen LogP contribution in [0.2, 0.25) is 0 Å². The van der Waals surface area contributed by atoms with Gasteiger partial charge in [-0.3, -0.25) is 0 Å². The lowest BCUT2D eigenvalue weighted by Gasteiger charge is -2.09. The first kappa shape index (κ1) is 16.4. The highest BCUT2D eigenvalue weighted by Gasteiger charge is 2.20. The number of benzene rings is 1. The van der Waals surface area contributed by atoms with E-state index in [0.717, 1.165) is 34.6 Å². The van der Waals surface area contributed by atoms with E-state index in [2.05, 4.69) is 15.2 Å². The molecule has 0 atom stereocenters. The Morgan fingerprint density at radius 1 is 1.22 bits per heavy atom. The molecule has 0 radical (unpaired) electrons. The molecule has 0 bridgehead atoms. The van der Waals surface area contributed by atoms with Gasteiger partial charge < -0.3 is 4.84 Å². The lowest BCUT2D eigenvalue weighted by Crippen LogP contribution is -1.99. The van der Waals surface area contributed by atoms with Crippen molar-refractivity contribution in [2.75, 3.05) is 0 Å². The highest BCUT2D eigenvalue weighted by atomic mass is 32.1. The molecule has 6 nitrogen and oxygen atoms in total. The summed E-state index contributed by atoms with van der Waals surface area (Å²) < 4.78 is 1.76. The van der Waals surface area contributed by atoms with Crippen molar-refractivity contribution >= 4 is 32.9 Å². The van der Waals surface area contributed by atoms with Gasteiger partial charge in [0.2, 0.25) is 0 Å². The summed E-state index contributed by atoms with van der Waals surface area (Å²) in [7, 11) is 0. The van der Waals surface area contributed by atoms with Crippen molar-refractivity contribution in [3.05, 3.63) is 58.5 Å². The van der Waals surface area contributed by atoms with E-state index in [4.69, 9.17) is 9.82 Å². The van der Waals surface area contributed by atoms with Crippen molar-refractivity contribution in [3.63, 3.8) is 0 Å². The molecule has 27 heavy (non-hydrogen) atoms.